The number of carbonyl (C=O) groups excluding carboxylic acids is 1. The summed E-state index contributed by atoms with van der Waals surface area (Å²) in [5.74, 6) is -0.610. The Bertz CT molecular complexity index is 1120. The molecule has 3 rings (SSSR count). The smallest absolute Gasteiger partial charge is 0.416 e. The van der Waals surface area contributed by atoms with Crippen LogP contribution < -0.4 is 10.2 Å². The number of benzene rings is 2. The van der Waals surface area contributed by atoms with Crippen LogP contribution in [0.3, 0.4) is 0 Å². The zero-order valence-corrected chi connectivity index (χ0v) is 15.5. The predicted molar refractivity (Wildman–Crippen MR) is 104 cm³/mol. The van der Waals surface area contributed by atoms with Crippen molar-refractivity contribution in [3.8, 4) is 11.5 Å². The third-order valence-electron chi connectivity index (χ3n) is 3.89. The fourth-order valence-electron chi connectivity index (χ4n) is 2.40. The minimum atomic E-state index is -4.71. The van der Waals surface area contributed by atoms with E-state index < -0.39 is 28.3 Å². The summed E-state index contributed by atoms with van der Waals surface area (Å²) in [5, 5.41) is 14.9. The third kappa shape index (κ3) is 5.63. The molecule has 0 unspecified atom stereocenters. The van der Waals surface area contributed by atoms with Crippen molar-refractivity contribution in [3.05, 3.63) is 93.8 Å². The number of carbonyl (C=O) groups is 1. The number of hydrazone groups is 1. The van der Waals surface area contributed by atoms with Gasteiger partial charge < -0.3 is 4.74 Å². The highest BCUT2D eigenvalue weighted by Crippen LogP contribution is 2.37. The van der Waals surface area contributed by atoms with Gasteiger partial charge in [-0.25, -0.2) is 5.43 Å². The highest BCUT2D eigenvalue weighted by atomic mass is 19.4. The van der Waals surface area contributed by atoms with Gasteiger partial charge in [0.2, 0.25) is 5.75 Å². The second-order valence-electron chi connectivity index (χ2n) is 6.05. The second-order valence-corrected chi connectivity index (χ2v) is 6.05. The number of nitrogens with zero attached hydrogens (tertiary/aromatic N) is 3. The van der Waals surface area contributed by atoms with Crippen LogP contribution in [0.25, 0.3) is 0 Å². The lowest BCUT2D eigenvalue weighted by atomic mass is 10.2. The molecule has 31 heavy (non-hydrogen) atoms. The van der Waals surface area contributed by atoms with E-state index in [-0.39, 0.29) is 11.5 Å². The molecule has 0 aliphatic carbocycles. The summed E-state index contributed by atoms with van der Waals surface area (Å²) in [6, 6.07) is 11.2. The van der Waals surface area contributed by atoms with Gasteiger partial charge in [0, 0.05) is 18.5 Å². The van der Waals surface area contributed by atoms with E-state index in [2.05, 4.69) is 15.5 Å². The minimum absolute atomic E-state index is 0.166. The number of nitrogens with one attached hydrogen (secondary N) is 1. The van der Waals surface area contributed by atoms with Crippen LogP contribution in [0, 0.1) is 10.1 Å². The predicted octanol–water partition coefficient (Wildman–Crippen LogP) is 4.56. The average Bonchev–Trinajstić information content (AvgIpc) is 2.75. The summed E-state index contributed by atoms with van der Waals surface area (Å²) in [6.45, 7) is 0. The lowest BCUT2D eigenvalue weighted by Crippen LogP contribution is -2.17. The highest BCUT2D eigenvalue weighted by molar-refractivity contribution is 5.94. The third-order valence-corrected chi connectivity index (χ3v) is 3.89. The maximum atomic E-state index is 12.8. The zero-order valence-electron chi connectivity index (χ0n) is 15.5. The number of alkyl halides is 3. The van der Waals surface area contributed by atoms with Gasteiger partial charge in [0.15, 0.2) is 0 Å². The van der Waals surface area contributed by atoms with Crippen molar-refractivity contribution in [1.29, 1.82) is 0 Å². The Kier molecular flexibility index (Phi) is 6.24. The molecule has 0 fully saturated rings. The molecule has 11 heteroatoms. The van der Waals surface area contributed by atoms with Crippen molar-refractivity contribution < 1.29 is 27.6 Å². The summed E-state index contributed by atoms with van der Waals surface area (Å²) in [6.07, 6.45) is -0.435. The van der Waals surface area contributed by atoms with Gasteiger partial charge in [-0.15, -0.1) is 0 Å². The van der Waals surface area contributed by atoms with Crippen molar-refractivity contribution in [3.63, 3.8) is 0 Å². The molecule has 1 N–H and O–H groups in total. The quantitative estimate of drug-likeness (QED) is 0.350. The van der Waals surface area contributed by atoms with E-state index in [1.165, 1.54) is 30.7 Å². The molecule has 0 saturated carbocycles. The number of nitro groups is 1. The van der Waals surface area contributed by atoms with E-state index in [1.54, 1.807) is 24.3 Å². The number of ether oxygens (including phenoxy) is 1. The number of rotatable bonds is 6. The lowest BCUT2D eigenvalue weighted by Gasteiger charge is -2.10. The molecule has 1 amide bonds. The van der Waals surface area contributed by atoms with Crippen LogP contribution in [-0.4, -0.2) is 22.0 Å². The first-order valence-corrected chi connectivity index (χ1v) is 8.61. The molecular formula is C20H13F3N4O4. The molecule has 2 aromatic carbocycles. The number of aromatic nitrogens is 1. The van der Waals surface area contributed by atoms with E-state index in [1.807, 2.05) is 0 Å². The molecule has 1 heterocycles. The van der Waals surface area contributed by atoms with Crippen molar-refractivity contribution in [2.24, 2.45) is 5.10 Å². The van der Waals surface area contributed by atoms with Crippen molar-refractivity contribution in [1.82, 2.24) is 10.4 Å². The van der Waals surface area contributed by atoms with E-state index in [0.717, 1.165) is 6.07 Å². The van der Waals surface area contributed by atoms with Gasteiger partial charge in [0.25, 0.3) is 5.91 Å². The molecular weight excluding hydrogens is 417 g/mol. The summed E-state index contributed by atoms with van der Waals surface area (Å²) >= 11 is 0. The van der Waals surface area contributed by atoms with E-state index >= 15 is 0 Å². The maximum absolute atomic E-state index is 12.8. The standard InChI is InChI=1S/C20H13F3N4O4/c21-20(22,23)15-5-8-18(17(10-15)27(29)30)31-16-6-3-13(4-7-16)11-25-26-19(28)14-2-1-9-24-12-14/h1-12H,(H,26,28)/b25-11-. The monoisotopic (exact) mass is 430 g/mol. The first-order chi connectivity index (χ1) is 14.7. The van der Waals surface area contributed by atoms with Crippen LogP contribution in [-0.2, 0) is 6.18 Å². The SMILES string of the molecule is O=C(N/N=C\c1ccc(Oc2ccc(C(F)(F)F)cc2[N+](=O)[O-])cc1)c1cccnc1. The number of hydrogen-bond donors (Lipinski definition) is 1. The van der Waals surface area contributed by atoms with Crippen molar-refractivity contribution >= 4 is 17.8 Å². The van der Waals surface area contributed by atoms with E-state index in [4.69, 9.17) is 4.74 Å². The first-order valence-electron chi connectivity index (χ1n) is 8.61. The van der Waals surface area contributed by atoms with Crippen molar-refractivity contribution in [2.75, 3.05) is 0 Å². The molecule has 3 aromatic rings. The minimum Gasteiger partial charge on any atom is -0.450 e. The van der Waals surface area contributed by atoms with E-state index in [0.29, 0.717) is 23.3 Å². The molecule has 0 atom stereocenters. The molecule has 0 aliphatic heterocycles. The Hall–Kier alpha value is -4.28. The van der Waals surface area contributed by atoms with Gasteiger partial charge in [-0.05, 0) is 54.1 Å². The average molecular weight is 430 g/mol. The first kappa shape index (κ1) is 21.4. The normalized spacial score (nSPS) is 11.3. The van der Waals surface area contributed by atoms with E-state index in [9.17, 15) is 28.1 Å². The number of nitro benzene ring substituents is 1. The Labute approximate surface area is 173 Å². The summed E-state index contributed by atoms with van der Waals surface area (Å²) in [4.78, 5) is 25.9. The zero-order chi connectivity index (χ0) is 22.4. The molecule has 0 spiro atoms. The largest absolute Gasteiger partial charge is 0.450 e. The number of halogens is 3. The van der Waals surface area contributed by atoms with Crippen LogP contribution in [0.15, 0.2) is 72.1 Å². The Morgan fingerprint density at radius 3 is 2.52 bits per heavy atom. The Morgan fingerprint density at radius 1 is 1.16 bits per heavy atom. The van der Waals surface area contributed by atoms with Crippen LogP contribution in [0.1, 0.15) is 21.5 Å². The molecule has 0 bridgehead atoms. The van der Waals surface area contributed by atoms with Crippen LogP contribution in [0.5, 0.6) is 11.5 Å². The van der Waals surface area contributed by atoms with Gasteiger partial charge in [0.05, 0.1) is 22.3 Å². The number of hydrogen-bond acceptors (Lipinski definition) is 6. The number of amides is 1. The lowest BCUT2D eigenvalue weighted by molar-refractivity contribution is -0.385. The van der Waals surface area contributed by atoms with Crippen molar-refractivity contribution in [2.45, 2.75) is 6.18 Å². The molecule has 158 valence electrons. The molecule has 0 radical (unpaired) electrons. The van der Waals surface area contributed by atoms with Gasteiger partial charge >= 0.3 is 11.9 Å². The Morgan fingerprint density at radius 2 is 1.90 bits per heavy atom. The fourth-order valence-corrected chi connectivity index (χ4v) is 2.40. The molecule has 0 saturated heterocycles. The van der Waals surface area contributed by atoms with Gasteiger partial charge in [0.1, 0.15) is 5.75 Å². The summed E-state index contributed by atoms with van der Waals surface area (Å²) in [5.41, 5.74) is 1.28. The number of pyridine rings is 1. The molecule has 0 aliphatic rings. The topological polar surface area (TPSA) is 107 Å². The Balaban J connectivity index is 1.68. The maximum Gasteiger partial charge on any atom is 0.416 e. The van der Waals surface area contributed by atoms with Crippen LogP contribution in [0.2, 0.25) is 0 Å². The van der Waals surface area contributed by atoms with Gasteiger partial charge in [-0.1, -0.05) is 0 Å². The highest BCUT2D eigenvalue weighted by Gasteiger charge is 2.33. The molecule has 1 aromatic heterocycles. The summed E-state index contributed by atoms with van der Waals surface area (Å²) in [7, 11) is 0. The molecule has 8 nitrogen and oxygen atoms in total. The summed E-state index contributed by atoms with van der Waals surface area (Å²) < 4.78 is 43.7. The second kappa shape index (κ2) is 9.03. The van der Waals surface area contributed by atoms with Gasteiger partial charge in [-0.3, -0.25) is 19.9 Å². The van der Waals surface area contributed by atoms with Crippen LogP contribution >= 0.6 is 0 Å². The van der Waals surface area contributed by atoms with Gasteiger partial charge in [-0.2, -0.15) is 18.3 Å². The fraction of sp³-hybridized carbons (Fsp3) is 0.0500. The van der Waals surface area contributed by atoms with Crippen LogP contribution in [0.4, 0.5) is 18.9 Å².